The van der Waals surface area contributed by atoms with Crippen LogP contribution < -0.4 is 0 Å². The lowest BCUT2D eigenvalue weighted by molar-refractivity contribution is -0.133. The zero-order valence-corrected chi connectivity index (χ0v) is 7.97. The molecule has 1 fully saturated rings. The van der Waals surface area contributed by atoms with E-state index in [0.717, 1.165) is 12.8 Å². The molecule has 13 heavy (non-hydrogen) atoms. The summed E-state index contributed by atoms with van der Waals surface area (Å²) < 4.78 is 11.2. The van der Waals surface area contributed by atoms with E-state index in [1.54, 1.807) is 0 Å². The first kappa shape index (κ1) is 10.2. The molecule has 1 saturated carbocycles. The molecule has 0 aromatic heterocycles. The van der Waals surface area contributed by atoms with E-state index < -0.39 is 16.8 Å². The minimum Gasteiger partial charge on any atom is -0.481 e. The van der Waals surface area contributed by atoms with Gasteiger partial charge in [0, 0.05) is 23.0 Å². The highest BCUT2D eigenvalue weighted by Gasteiger charge is 2.43. The Kier molecular flexibility index (Phi) is 3.04. The minimum absolute atomic E-state index is 0.116. The van der Waals surface area contributed by atoms with Crippen LogP contribution in [0.4, 0.5) is 0 Å². The van der Waals surface area contributed by atoms with Crippen LogP contribution >= 0.6 is 0 Å². The van der Waals surface area contributed by atoms with Crippen molar-refractivity contribution in [2.24, 2.45) is 5.41 Å². The van der Waals surface area contributed by atoms with E-state index in [0.29, 0.717) is 12.2 Å². The van der Waals surface area contributed by atoms with Crippen LogP contribution in [0.25, 0.3) is 0 Å². The van der Waals surface area contributed by atoms with Gasteiger partial charge in [-0.25, -0.2) is 0 Å². The average molecular weight is 201 g/mol. The third kappa shape index (κ3) is 3.15. The smallest absolute Gasteiger partial charge is 0.316 e. The third-order valence-electron chi connectivity index (χ3n) is 2.16. The summed E-state index contributed by atoms with van der Waals surface area (Å²) in [5.41, 5.74) is -0.116. The molecule has 0 aromatic rings. The van der Waals surface area contributed by atoms with Gasteiger partial charge in [-0.1, -0.05) is 0 Å². The van der Waals surface area contributed by atoms with E-state index >= 15 is 0 Å². The average Bonchev–Trinajstić information content (AvgIpc) is 2.67. The standard InChI is InChI=1S/C8H11NO3S/c9-4-3-8(1-2-8)6-13(12)5-7(10)11/h1-3,5-6H2,(H,10,11). The largest absolute Gasteiger partial charge is 0.481 e. The van der Waals surface area contributed by atoms with Gasteiger partial charge in [-0.2, -0.15) is 5.26 Å². The summed E-state index contributed by atoms with van der Waals surface area (Å²) in [7, 11) is -1.31. The maximum atomic E-state index is 11.2. The molecule has 0 heterocycles. The Morgan fingerprint density at radius 3 is 2.62 bits per heavy atom. The van der Waals surface area contributed by atoms with Crippen LogP contribution in [0.3, 0.4) is 0 Å². The molecular formula is C8H11NO3S. The minimum atomic E-state index is -1.31. The fourth-order valence-electron chi connectivity index (χ4n) is 1.25. The molecule has 0 aromatic carbocycles. The Bertz CT molecular complexity index is 278. The number of hydrogen-bond acceptors (Lipinski definition) is 3. The summed E-state index contributed by atoms with van der Waals surface area (Å²) in [6.45, 7) is 0. The van der Waals surface area contributed by atoms with E-state index in [9.17, 15) is 9.00 Å². The summed E-state index contributed by atoms with van der Waals surface area (Å²) in [5.74, 6) is -0.967. The van der Waals surface area contributed by atoms with Crippen LogP contribution in [-0.2, 0) is 15.6 Å². The highest BCUT2D eigenvalue weighted by Crippen LogP contribution is 2.49. The van der Waals surface area contributed by atoms with Crippen molar-refractivity contribution in [2.45, 2.75) is 19.3 Å². The molecule has 4 nitrogen and oxygen atoms in total. The number of aliphatic carboxylic acids is 1. The molecule has 0 bridgehead atoms. The van der Waals surface area contributed by atoms with Crippen molar-refractivity contribution in [1.29, 1.82) is 5.26 Å². The SMILES string of the molecule is N#CCC1(CS(=O)CC(=O)O)CC1. The predicted octanol–water partition coefficient (Wildman–Crippen LogP) is 0.514. The van der Waals surface area contributed by atoms with Gasteiger partial charge in [0.25, 0.3) is 0 Å². The number of rotatable bonds is 5. The molecular weight excluding hydrogens is 190 g/mol. The molecule has 0 spiro atoms. The molecule has 1 atom stereocenters. The van der Waals surface area contributed by atoms with Crippen LogP contribution in [0, 0.1) is 16.7 Å². The lowest BCUT2D eigenvalue weighted by atomic mass is 10.1. The first-order chi connectivity index (χ1) is 6.08. The molecule has 0 radical (unpaired) electrons. The van der Waals surface area contributed by atoms with Crippen molar-refractivity contribution in [3.63, 3.8) is 0 Å². The molecule has 1 unspecified atom stereocenters. The number of carbonyl (C=O) groups is 1. The highest BCUT2D eigenvalue weighted by molar-refractivity contribution is 7.85. The Balaban J connectivity index is 2.36. The number of carboxylic acid groups (broad SMARTS) is 1. The van der Waals surface area contributed by atoms with Gasteiger partial charge in [-0.3, -0.25) is 9.00 Å². The van der Waals surface area contributed by atoms with Crippen molar-refractivity contribution in [2.75, 3.05) is 11.5 Å². The van der Waals surface area contributed by atoms with Crippen LogP contribution in [0.2, 0.25) is 0 Å². The molecule has 72 valence electrons. The summed E-state index contributed by atoms with van der Waals surface area (Å²) in [5, 5.41) is 16.8. The van der Waals surface area contributed by atoms with Gasteiger partial charge in [0.2, 0.25) is 0 Å². The maximum Gasteiger partial charge on any atom is 0.316 e. The quantitative estimate of drug-likeness (QED) is 0.703. The topological polar surface area (TPSA) is 78.2 Å². The second-order valence-corrected chi connectivity index (χ2v) is 4.91. The van der Waals surface area contributed by atoms with Gasteiger partial charge in [-0.05, 0) is 18.3 Å². The summed E-state index contributed by atoms with van der Waals surface area (Å²) in [6, 6.07) is 2.05. The van der Waals surface area contributed by atoms with E-state index in [1.807, 2.05) is 6.07 Å². The number of nitriles is 1. The molecule has 1 aliphatic rings. The zero-order valence-electron chi connectivity index (χ0n) is 7.15. The van der Waals surface area contributed by atoms with Gasteiger partial charge in [0.15, 0.2) is 0 Å². The van der Waals surface area contributed by atoms with Gasteiger partial charge in [0.1, 0.15) is 5.75 Å². The molecule has 1 rings (SSSR count). The first-order valence-corrected chi connectivity index (χ1v) is 5.50. The lowest BCUT2D eigenvalue weighted by Crippen LogP contribution is -2.18. The molecule has 0 amide bonds. The van der Waals surface area contributed by atoms with Gasteiger partial charge in [-0.15, -0.1) is 0 Å². The molecule has 1 aliphatic carbocycles. The lowest BCUT2D eigenvalue weighted by Gasteiger charge is -2.08. The van der Waals surface area contributed by atoms with Crippen LogP contribution in [-0.4, -0.2) is 26.8 Å². The summed E-state index contributed by atoms with van der Waals surface area (Å²) >= 11 is 0. The zero-order chi connectivity index (χ0) is 9.90. The second kappa shape index (κ2) is 3.88. The Morgan fingerprint density at radius 2 is 2.23 bits per heavy atom. The molecule has 1 N–H and O–H groups in total. The number of carboxylic acids is 1. The van der Waals surface area contributed by atoms with Gasteiger partial charge < -0.3 is 5.11 Å². The van der Waals surface area contributed by atoms with Crippen molar-refractivity contribution in [1.82, 2.24) is 0 Å². The van der Waals surface area contributed by atoms with Crippen molar-refractivity contribution >= 4 is 16.8 Å². The molecule has 0 saturated heterocycles. The Hall–Kier alpha value is -0.890. The number of nitrogens with zero attached hydrogens (tertiary/aromatic N) is 1. The Labute approximate surface area is 79.0 Å². The second-order valence-electron chi connectivity index (χ2n) is 3.46. The van der Waals surface area contributed by atoms with Crippen LogP contribution in [0.5, 0.6) is 0 Å². The Morgan fingerprint density at radius 1 is 1.62 bits per heavy atom. The van der Waals surface area contributed by atoms with Crippen LogP contribution in [0.1, 0.15) is 19.3 Å². The predicted molar refractivity (Wildman–Crippen MR) is 47.4 cm³/mol. The van der Waals surface area contributed by atoms with Crippen molar-refractivity contribution in [3.05, 3.63) is 0 Å². The normalized spacial score (nSPS) is 20.2. The fourth-order valence-corrected chi connectivity index (χ4v) is 2.70. The molecule has 5 heteroatoms. The van der Waals surface area contributed by atoms with E-state index in [1.165, 1.54) is 0 Å². The van der Waals surface area contributed by atoms with Gasteiger partial charge >= 0.3 is 5.97 Å². The van der Waals surface area contributed by atoms with E-state index in [4.69, 9.17) is 10.4 Å². The van der Waals surface area contributed by atoms with Crippen molar-refractivity contribution < 1.29 is 14.1 Å². The monoisotopic (exact) mass is 201 g/mol. The molecule has 0 aliphatic heterocycles. The van der Waals surface area contributed by atoms with E-state index in [2.05, 4.69) is 0 Å². The first-order valence-electron chi connectivity index (χ1n) is 4.02. The van der Waals surface area contributed by atoms with Gasteiger partial charge in [0.05, 0.1) is 6.07 Å². The van der Waals surface area contributed by atoms with Crippen LogP contribution in [0.15, 0.2) is 0 Å². The highest BCUT2D eigenvalue weighted by atomic mass is 32.2. The number of hydrogen-bond donors (Lipinski definition) is 1. The van der Waals surface area contributed by atoms with Crippen molar-refractivity contribution in [3.8, 4) is 6.07 Å². The summed E-state index contributed by atoms with van der Waals surface area (Å²) in [6.07, 6.45) is 2.22. The third-order valence-corrected chi connectivity index (χ3v) is 3.67. The summed E-state index contributed by atoms with van der Waals surface area (Å²) in [4.78, 5) is 10.2. The van der Waals surface area contributed by atoms with E-state index in [-0.39, 0.29) is 11.2 Å². The fraction of sp³-hybridized carbons (Fsp3) is 0.750. The maximum absolute atomic E-state index is 11.2.